The zero-order chi connectivity index (χ0) is 9.90. The van der Waals surface area contributed by atoms with Crippen molar-refractivity contribution in [2.75, 3.05) is 13.2 Å². The van der Waals surface area contributed by atoms with E-state index in [9.17, 15) is 5.11 Å². The van der Waals surface area contributed by atoms with Gasteiger partial charge in [-0.3, -0.25) is 0 Å². The fraction of sp³-hybridized carbons (Fsp3) is 1.00. The van der Waals surface area contributed by atoms with Crippen LogP contribution >= 0.6 is 0 Å². The number of rotatable bonds is 6. The minimum absolute atomic E-state index is 0.127. The van der Waals surface area contributed by atoms with E-state index in [1.54, 1.807) is 0 Å². The second-order valence-electron chi connectivity index (χ2n) is 4.57. The second-order valence-corrected chi connectivity index (χ2v) is 4.57. The molecule has 0 saturated heterocycles. The molecule has 13 heavy (non-hydrogen) atoms. The van der Waals surface area contributed by atoms with Crippen molar-refractivity contribution in [3.63, 3.8) is 0 Å². The number of aliphatic hydroxyl groups is 1. The minimum Gasteiger partial charge on any atom is -0.396 e. The van der Waals surface area contributed by atoms with Crippen molar-refractivity contribution in [2.45, 2.75) is 46.1 Å². The zero-order valence-electron chi connectivity index (χ0n) is 9.14. The molecule has 1 aliphatic rings. The van der Waals surface area contributed by atoms with Crippen molar-refractivity contribution in [2.24, 2.45) is 11.3 Å². The van der Waals surface area contributed by atoms with Gasteiger partial charge in [0.1, 0.15) is 0 Å². The molecule has 0 heterocycles. The van der Waals surface area contributed by atoms with Crippen molar-refractivity contribution in [1.29, 1.82) is 0 Å². The maximum absolute atomic E-state index is 9.34. The van der Waals surface area contributed by atoms with Gasteiger partial charge in [-0.1, -0.05) is 20.8 Å². The summed E-state index contributed by atoms with van der Waals surface area (Å²) in [7, 11) is 0. The minimum atomic E-state index is 0.127. The van der Waals surface area contributed by atoms with Crippen LogP contribution in [0.15, 0.2) is 0 Å². The fourth-order valence-electron chi connectivity index (χ4n) is 1.73. The van der Waals surface area contributed by atoms with E-state index in [-0.39, 0.29) is 5.41 Å². The van der Waals surface area contributed by atoms with Crippen LogP contribution in [0.4, 0.5) is 0 Å². The van der Waals surface area contributed by atoms with Gasteiger partial charge < -0.3 is 10.4 Å². The molecule has 1 saturated carbocycles. The standard InChI is InChI=1S/C11H23NO/c1-4-11(5-2,8-13)7-12-10-6-9(10)3/h9-10,12-13H,4-8H2,1-3H3. The van der Waals surface area contributed by atoms with Gasteiger partial charge in [0.2, 0.25) is 0 Å². The lowest BCUT2D eigenvalue weighted by atomic mass is 9.83. The Bertz CT molecular complexity index is 146. The molecule has 0 aromatic rings. The molecule has 0 spiro atoms. The van der Waals surface area contributed by atoms with E-state index in [1.807, 2.05) is 0 Å². The molecule has 0 aliphatic heterocycles. The van der Waals surface area contributed by atoms with Crippen molar-refractivity contribution in [3.05, 3.63) is 0 Å². The van der Waals surface area contributed by atoms with Gasteiger partial charge in [-0.2, -0.15) is 0 Å². The van der Waals surface area contributed by atoms with E-state index < -0.39 is 0 Å². The Kier molecular flexibility index (Phi) is 3.74. The molecule has 2 atom stereocenters. The van der Waals surface area contributed by atoms with Crippen LogP contribution in [0.2, 0.25) is 0 Å². The largest absolute Gasteiger partial charge is 0.396 e. The lowest BCUT2D eigenvalue weighted by Gasteiger charge is -2.29. The highest BCUT2D eigenvalue weighted by atomic mass is 16.3. The summed E-state index contributed by atoms with van der Waals surface area (Å²) in [4.78, 5) is 0. The predicted octanol–water partition coefficient (Wildman–Crippen LogP) is 1.78. The summed E-state index contributed by atoms with van der Waals surface area (Å²) in [6.07, 6.45) is 3.44. The van der Waals surface area contributed by atoms with Crippen LogP contribution in [0.3, 0.4) is 0 Å². The maximum Gasteiger partial charge on any atom is 0.0499 e. The third-order valence-electron chi connectivity index (χ3n) is 3.68. The highest BCUT2D eigenvalue weighted by Crippen LogP contribution is 2.31. The van der Waals surface area contributed by atoms with Crippen LogP contribution < -0.4 is 5.32 Å². The monoisotopic (exact) mass is 185 g/mol. The van der Waals surface area contributed by atoms with E-state index in [0.29, 0.717) is 6.61 Å². The Morgan fingerprint density at radius 1 is 1.38 bits per heavy atom. The SMILES string of the molecule is CCC(CC)(CO)CNC1CC1C. The van der Waals surface area contributed by atoms with Gasteiger partial charge in [0.05, 0.1) is 0 Å². The van der Waals surface area contributed by atoms with Crippen LogP contribution in [0.5, 0.6) is 0 Å². The molecular weight excluding hydrogens is 162 g/mol. The first-order chi connectivity index (χ1) is 6.17. The average molecular weight is 185 g/mol. The molecule has 1 rings (SSSR count). The Hall–Kier alpha value is -0.0800. The van der Waals surface area contributed by atoms with Crippen LogP contribution in [0, 0.1) is 11.3 Å². The van der Waals surface area contributed by atoms with Crippen LogP contribution in [-0.2, 0) is 0 Å². The number of hydrogen-bond acceptors (Lipinski definition) is 2. The Morgan fingerprint density at radius 3 is 2.23 bits per heavy atom. The summed E-state index contributed by atoms with van der Waals surface area (Å²) in [6, 6.07) is 0.726. The Balaban J connectivity index is 2.29. The number of aliphatic hydroxyl groups excluding tert-OH is 1. The van der Waals surface area contributed by atoms with E-state index >= 15 is 0 Å². The van der Waals surface area contributed by atoms with Crippen molar-refractivity contribution >= 4 is 0 Å². The van der Waals surface area contributed by atoms with Crippen LogP contribution in [0.1, 0.15) is 40.0 Å². The zero-order valence-corrected chi connectivity index (χ0v) is 9.14. The normalized spacial score (nSPS) is 27.7. The van der Waals surface area contributed by atoms with Gasteiger partial charge >= 0.3 is 0 Å². The first-order valence-corrected chi connectivity index (χ1v) is 5.51. The van der Waals surface area contributed by atoms with Gasteiger partial charge in [0.25, 0.3) is 0 Å². The molecular formula is C11H23NO. The van der Waals surface area contributed by atoms with Gasteiger partial charge in [0.15, 0.2) is 0 Å². The summed E-state index contributed by atoms with van der Waals surface area (Å²) in [6.45, 7) is 7.89. The lowest BCUT2D eigenvalue weighted by molar-refractivity contribution is 0.112. The molecule has 78 valence electrons. The van der Waals surface area contributed by atoms with Crippen LogP contribution in [-0.4, -0.2) is 24.3 Å². The van der Waals surface area contributed by atoms with Crippen molar-refractivity contribution in [3.8, 4) is 0 Å². The van der Waals surface area contributed by atoms with E-state index in [1.165, 1.54) is 6.42 Å². The molecule has 2 nitrogen and oxygen atoms in total. The summed E-state index contributed by atoms with van der Waals surface area (Å²) in [5, 5.41) is 12.9. The highest BCUT2D eigenvalue weighted by Gasteiger charge is 2.34. The molecule has 1 fully saturated rings. The molecule has 0 aromatic heterocycles. The molecule has 2 heteroatoms. The molecule has 0 aromatic carbocycles. The number of nitrogens with one attached hydrogen (secondary N) is 1. The summed E-state index contributed by atoms with van der Waals surface area (Å²) in [5.41, 5.74) is 0.127. The van der Waals surface area contributed by atoms with Gasteiger partial charge in [0, 0.05) is 24.6 Å². The van der Waals surface area contributed by atoms with Gasteiger partial charge in [-0.05, 0) is 25.2 Å². The Labute approximate surface area is 81.7 Å². The molecule has 2 N–H and O–H groups in total. The summed E-state index contributed by atoms with van der Waals surface area (Å²) >= 11 is 0. The third-order valence-corrected chi connectivity index (χ3v) is 3.68. The average Bonchev–Trinajstić information content (AvgIpc) is 2.86. The van der Waals surface area contributed by atoms with Gasteiger partial charge in [-0.15, -0.1) is 0 Å². The highest BCUT2D eigenvalue weighted by molar-refractivity contribution is 4.92. The molecule has 0 bridgehead atoms. The third kappa shape index (κ3) is 2.68. The molecule has 2 unspecified atom stereocenters. The Morgan fingerprint density at radius 2 is 1.92 bits per heavy atom. The molecule has 1 aliphatic carbocycles. The van der Waals surface area contributed by atoms with E-state index in [4.69, 9.17) is 0 Å². The second kappa shape index (κ2) is 4.43. The van der Waals surface area contributed by atoms with E-state index in [0.717, 1.165) is 31.3 Å². The fourth-order valence-corrected chi connectivity index (χ4v) is 1.73. The van der Waals surface area contributed by atoms with E-state index in [2.05, 4.69) is 26.1 Å². The quantitative estimate of drug-likeness (QED) is 0.661. The lowest BCUT2D eigenvalue weighted by Crippen LogP contribution is -2.37. The topological polar surface area (TPSA) is 32.3 Å². The first kappa shape index (κ1) is 11.0. The summed E-state index contributed by atoms with van der Waals surface area (Å²) in [5.74, 6) is 0.852. The first-order valence-electron chi connectivity index (χ1n) is 5.51. The van der Waals surface area contributed by atoms with Crippen molar-refractivity contribution in [1.82, 2.24) is 5.32 Å². The number of hydrogen-bond donors (Lipinski definition) is 2. The van der Waals surface area contributed by atoms with Crippen molar-refractivity contribution < 1.29 is 5.11 Å². The molecule has 0 amide bonds. The molecule has 0 radical (unpaired) electrons. The summed E-state index contributed by atoms with van der Waals surface area (Å²) < 4.78 is 0. The smallest absolute Gasteiger partial charge is 0.0499 e. The maximum atomic E-state index is 9.34. The van der Waals surface area contributed by atoms with Gasteiger partial charge in [-0.25, -0.2) is 0 Å². The predicted molar refractivity (Wildman–Crippen MR) is 55.7 cm³/mol. The van der Waals surface area contributed by atoms with Crippen LogP contribution in [0.25, 0.3) is 0 Å².